The monoisotopic (exact) mass is 594 g/mol. The number of fused-ring (bicyclic) bond motifs is 12. The molecule has 0 unspecified atom stereocenters. The summed E-state index contributed by atoms with van der Waals surface area (Å²) >= 11 is 0. The van der Waals surface area contributed by atoms with Crippen LogP contribution in [0.2, 0.25) is 0 Å². The van der Waals surface area contributed by atoms with Crippen molar-refractivity contribution in [2.24, 2.45) is 0 Å². The predicted molar refractivity (Wildman–Crippen MR) is 190 cm³/mol. The molecular formula is C43H31OP. The summed E-state index contributed by atoms with van der Waals surface area (Å²) in [4.78, 5) is 0. The molecule has 9 rings (SSSR count). The molecule has 2 heteroatoms. The van der Waals surface area contributed by atoms with E-state index < -0.39 is 12.6 Å². The molecule has 0 fully saturated rings. The summed E-state index contributed by atoms with van der Waals surface area (Å²) in [5.41, 5.74) is 14.9. The predicted octanol–water partition coefficient (Wildman–Crippen LogP) is 10.8. The Kier molecular flexibility index (Phi) is 5.59. The zero-order valence-electron chi connectivity index (χ0n) is 25.3. The van der Waals surface area contributed by atoms with Crippen molar-refractivity contribution in [1.29, 1.82) is 0 Å². The third-order valence-electron chi connectivity index (χ3n) is 9.97. The van der Waals surface area contributed by atoms with Gasteiger partial charge >= 0.3 is 0 Å². The van der Waals surface area contributed by atoms with E-state index in [1.54, 1.807) is 0 Å². The van der Waals surface area contributed by atoms with Gasteiger partial charge in [-0.05, 0) is 103 Å². The number of rotatable bonds is 3. The van der Waals surface area contributed by atoms with Crippen molar-refractivity contribution in [3.05, 3.63) is 174 Å². The number of benzene rings is 7. The Balaban J connectivity index is 1.36. The molecular weight excluding hydrogens is 563 g/mol. The highest BCUT2D eigenvalue weighted by Crippen LogP contribution is 2.65. The molecule has 2 aliphatic rings. The van der Waals surface area contributed by atoms with Gasteiger partial charge in [0.25, 0.3) is 0 Å². The van der Waals surface area contributed by atoms with E-state index in [1.165, 1.54) is 66.4 Å². The largest absolute Gasteiger partial charge is 0.319 e. The zero-order valence-corrected chi connectivity index (χ0v) is 26.2. The highest BCUT2D eigenvalue weighted by molar-refractivity contribution is 7.70. The smallest absolute Gasteiger partial charge is 0.109 e. The van der Waals surface area contributed by atoms with E-state index in [-0.39, 0.29) is 0 Å². The summed E-state index contributed by atoms with van der Waals surface area (Å²) in [5, 5.41) is 3.47. The minimum absolute atomic E-state index is 0.413. The minimum atomic E-state index is -2.37. The van der Waals surface area contributed by atoms with Crippen molar-refractivity contribution < 1.29 is 4.57 Å². The zero-order chi connectivity index (χ0) is 30.3. The van der Waals surface area contributed by atoms with Crippen LogP contribution in [0.5, 0.6) is 0 Å². The van der Waals surface area contributed by atoms with Gasteiger partial charge in [-0.1, -0.05) is 140 Å². The average molecular weight is 595 g/mol. The summed E-state index contributed by atoms with van der Waals surface area (Å²) < 4.78 is 12.9. The van der Waals surface area contributed by atoms with Crippen molar-refractivity contribution in [3.8, 4) is 44.5 Å². The Morgan fingerprint density at radius 1 is 0.467 bits per heavy atom. The van der Waals surface area contributed by atoms with Crippen molar-refractivity contribution in [2.45, 2.75) is 5.41 Å². The fraction of sp³-hybridized carbons (Fsp3) is 0.0698. The van der Waals surface area contributed by atoms with Crippen LogP contribution in [-0.4, -0.2) is 13.3 Å². The first-order valence-electron chi connectivity index (χ1n) is 15.6. The minimum Gasteiger partial charge on any atom is -0.319 e. The van der Waals surface area contributed by atoms with E-state index >= 15 is 0 Å². The molecule has 0 saturated carbocycles. The maximum atomic E-state index is 12.9. The molecule has 214 valence electrons. The second-order valence-corrected chi connectivity index (χ2v) is 16.0. The Morgan fingerprint density at radius 2 is 1.04 bits per heavy atom. The first-order chi connectivity index (χ1) is 22.0. The van der Waals surface area contributed by atoms with Crippen molar-refractivity contribution in [3.63, 3.8) is 0 Å². The highest BCUT2D eigenvalue weighted by Gasteiger charge is 2.52. The molecule has 0 bridgehead atoms. The molecule has 0 amide bonds. The maximum absolute atomic E-state index is 12.9. The summed E-state index contributed by atoms with van der Waals surface area (Å²) in [6, 6.07) is 55.5. The van der Waals surface area contributed by atoms with Gasteiger partial charge in [0.15, 0.2) is 0 Å². The van der Waals surface area contributed by atoms with Gasteiger partial charge in [0.05, 0.1) is 5.41 Å². The van der Waals surface area contributed by atoms with Crippen LogP contribution in [0.15, 0.2) is 152 Å². The summed E-state index contributed by atoms with van der Waals surface area (Å²) in [7, 11) is -2.37. The van der Waals surface area contributed by atoms with Crippen LogP contribution >= 0.6 is 7.14 Å². The van der Waals surface area contributed by atoms with Crippen LogP contribution in [-0.2, 0) is 9.98 Å². The molecule has 7 aromatic carbocycles. The molecule has 0 aromatic heterocycles. The van der Waals surface area contributed by atoms with Crippen LogP contribution in [0.4, 0.5) is 0 Å². The van der Waals surface area contributed by atoms with Gasteiger partial charge in [0, 0.05) is 5.30 Å². The summed E-state index contributed by atoms with van der Waals surface area (Å²) in [6.45, 7) is 3.68. The van der Waals surface area contributed by atoms with E-state index in [0.717, 1.165) is 16.4 Å². The van der Waals surface area contributed by atoms with Crippen LogP contribution in [0, 0.1) is 0 Å². The Morgan fingerprint density at radius 3 is 1.80 bits per heavy atom. The maximum Gasteiger partial charge on any atom is 0.109 e. The molecule has 0 atom stereocenters. The lowest BCUT2D eigenvalue weighted by Gasteiger charge is -2.31. The first-order valence-corrected chi connectivity index (χ1v) is 18.2. The van der Waals surface area contributed by atoms with Crippen LogP contribution in [0.25, 0.3) is 55.3 Å². The van der Waals surface area contributed by atoms with Gasteiger partial charge in [0.1, 0.15) is 7.14 Å². The van der Waals surface area contributed by atoms with Crippen LogP contribution < -0.4 is 5.30 Å². The molecule has 1 spiro atoms. The second-order valence-electron chi connectivity index (χ2n) is 12.8. The van der Waals surface area contributed by atoms with Crippen molar-refractivity contribution in [2.75, 3.05) is 13.3 Å². The SMILES string of the molecule is CP(C)(=O)c1cccc(-c2cccc(-c3cccc4c3-c3ccc5ccccc5c3C43c4ccccc4-c4ccccc43)c2)c1. The Labute approximate surface area is 264 Å². The topological polar surface area (TPSA) is 17.1 Å². The second kappa shape index (κ2) is 9.51. The van der Waals surface area contributed by atoms with Gasteiger partial charge in [-0.25, -0.2) is 0 Å². The average Bonchev–Trinajstić information content (AvgIpc) is 3.56. The van der Waals surface area contributed by atoms with Gasteiger partial charge < -0.3 is 4.57 Å². The molecule has 2 aliphatic carbocycles. The Bertz CT molecular complexity index is 2350. The summed E-state index contributed by atoms with van der Waals surface area (Å²) in [5.74, 6) is 0. The number of hydrogen-bond donors (Lipinski definition) is 0. The van der Waals surface area contributed by atoms with Gasteiger partial charge in [-0.15, -0.1) is 0 Å². The van der Waals surface area contributed by atoms with Gasteiger partial charge in [-0.3, -0.25) is 0 Å². The summed E-state index contributed by atoms with van der Waals surface area (Å²) in [6.07, 6.45) is 0. The lowest BCUT2D eigenvalue weighted by molar-refractivity contribution is 0.588. The molecule has 0 N–H and O–H groups in total. The third-order valence-corrected chi connectivity index (χ3v) is 11.5. The first kappa shape index (κ1) is 26.4. The highest BCUT2D eigenvalue weighted by atomic mass is 31.2. The molecule has 0 saturated heterocycles. The van der Waals surface area contributed by atoms with Crippen LogP contribution in [0.3, 0.4) is 0 Å². The van der Waals surface area contributed by atoms with Gasteiger partial charge in [-0.2, -0.15) is 0 Å². The third kappa shape index (κ3) is 3.65. The van der Waals surface area contributed by atoms with Gasteiger partial charge in [0.2, 0.25) is 0 Å². The fourth-order valence-corrected chi connectivity index (χ4v) is 8.99. The van der Waals surface area contributed by atoms with E-state index in [1.807, 2.05) is 25.5 Å². The normalized spacial score (nSPS) is 13.8. The standard InChI is InChI=1S/C43H31OP/c1-45(2,44)32-16-10-14-30(27-32)29-13-9-15-31(26-29)33-20-11-23-40-41(33)37-25-24-28-12-3-4-17-34(28)42(37)43(40)38-21-7-5-18-35(38)36-19-6-8-22-39(36)43/h3-27H,1-2H3. The Hall–Kier alpha value is -4.97. The van der Waals surface area contributed by atoms with Crippen molar-refractivity contribution >= 4 is 23.2 Å². The van der Waals surface area contributed by atoms with Crippen LogP contribution in [0.1, 0.15) is 22.3 Å². The van der Waals surface area contributed by atoms with E-state index in [9.17, 15) is 4.57 Å². The van der Waals surface area contributed by atoms with Crippen molar-refractivity contribution in [1.82, 2.24) is 0 Å². The molecule has 7 aromatic rings. The molecule has 0 aliphatic heterocycles. The molecule has 0 radical (unpaired) electrons. The number of hydrogen-bond acceptors (Lipinski definition) is 1. The lowest BCUT2D eigenvalue weighted by Crippen LogP contribution is -2.26. The van der Waals surface area contributed by atoms with E-state index in [2.05, 4.69) is 140 Å². The molecule has 0 heterocycles. The van der Waals surface area contributed by atoms with E-state index in [0.29, 0.717) is 0 Å². The lowest BCUT2D eigenvalue weighted by atomic mass is 9.69. The molecule has 45 heavy (non-hydrogen) atoms. The quantitative estimate of drug-likeness (QED) is 0.186. The molecule has 1 nitrogen and oxygen atoms in total. The fourth-order valence-electron chi connectivity index (χ4n) is 8.10. The van der Waals surface area contributed by atoms with E-state index in [4.69, 9.17) is 0 Å².